The highest BCUT2D eigenvalue weighted by Gasteiger charge is 1.89. The van der Waals surface area contributed by atoms with Crippen molar-refractivity contribution in [1.29, 1.82) is 0 Å². The van der Waals surface area contributed by atoms with Crippen LogP contribution in [0, 0.1) is 11.8 Å². The van der Waals surface area contributed by atoms with Crippen LogP contribution in [0.2, 0.25) is 0 Å². The molecule has 0 aromatic rings. The van der Waals surface area contributed by atoms with E-state index in [4.69, 9.17) is 5.73 Å². The molecular formula is C12H23N. The minimum absolute atomic E-state index is 0.300. The zero-order chi connectivity index (χ0) is 9.94. The molecule has 0 spiro atoms. The summed E-state index contributed by atoms with van der Waals surface area (Å²) in [5.41, 5.74) is 5.61. The van der Waals surface area contributed by atoms with E-state index in [0.717, 1.165) is 19.3 Å². The third kappa shape index (κ3) is 11.5. The van der Waals surface area contributed by atoms with Crippen LogP contribution in [0.5, 0.6) is 0 Å². The number of nitrogens with two attached hydrogens (primary N) is 1. The Balaban J connectivity index is 3.11. The van der Waals surface area contributed by atoms with Gasteiger partial charge in [0.25, 0.3) is 0 Å². The zero-order valence-electron chi connectivity index (χ0n) is 9.10. The highest BCUT2D eigenvalue weighted by Crippen LogP contribution is 2.01. The predicted molar refractivity (Wildman–Crippen MR) is 59.4 cm³/mol. The van der Waals surface area contributed by atoms with Gasteiger partial charge in [-0.1, -0.05) is 26.2 Å². The Morgan fingerprint density at radius 1 is 1.08 bits per heavy atom. The molecule has 0 aliphatic carbocycles. The molecule has 0 radical (unpaired) electrons. The molecule has 0 saturated heterocycles. The van der Waals surface area contributed by atoms with Crippen LogP contribution in [0.15, 0.2) is 0 Å². The van der Waals surface area contributed by atoms with Gasteiger partial charge in [-0.15, -0.1) is 11.8 Å². The van der Waals surface area contributed by atoms with E-state index in [2.05, 4.69) is 18.8 Å². The van der Waals surface area contributed by atoms with E-state index < -0.39 is 0 Å². The van der Waals surface area contributed by atoms with E-state index in [1.807, 2.05) is 6.92 Å². The van der Waals surface area contributed by atoms with Crippen LogP contribution >= 0.6 is 0 Å². The lowest BCUT2D eigenvalue weighted by molar-refractivity contribution is 0.675. The Morgan fingerprint density at radius 2 is 1.77 bits per heavy atom. The van der Waals surface area contributed by atoms with Gasteiger partial charge in [-0.05, 0) is 19.8 Å². The molecule has 1 nitrogen and oxygen atoms in total. The molecule has 0 rings (SSSR count). The predicted octanol–water partition coefficient (Wildman–Crippen LogP) is 3.09. The van der Waals surface area contributed by atoms with Crippen molar-refractivity contribution in [2.24, 2.45) is 5.73 Å². The summed E-state index contributed by atoms with van der Waals surface area (Å²) in [5, 5.41) is 0. The topological polar surface area (TPSA) is 26.0 Å². The monoisotopic (exact) mass is 181 g/mol. The van der Waals surface area contributed by atoms with Crippen LogP contribution in [-0.2, 0) is 0 Å². The van der Waals surface area contributed by atoms with Crippen LogP contribution < -0.4 is 5.73 Å². The molecular weight excluding hydrogens is 158 g/mol. The van der Waals surface area contributed by atoms with Crippen LogP contribution in [0.4, 0.5) is 0 Å². The van der Waals surface area contributed by atoms with Crippen molar-refractivity contribution in [2.45, 2.75) is 64.8 Å². The third-order valence-electron chi connectivity index (χ3n) is 2.01. The maximum atomic E-state index is 5.61. The van der Waals surface area contributed by atoms with E-state index in [9.17, 15) is 0 Å². The average Bonchev–Trinajstić information content (AvgIpc) is 2.09. The quantitative estimate of drug-likeness (QED) is 0.494. The summed E-state index contributed by atoms with van der Waals surface area (Å²) in [7, 11) is 0. The minimum atomic E-state index is 0.300. The SMILES string of the molecule is CCCCCCC#CCCC(C)N. The number of rotatable bonds is 6. The molecule has 1 heteroatoms. The number of unbranched alkanes of at least 4 members (excludes halogenated alkanes) is 4. The van der Waals surface area contributed by atoms with Crippen LogP contribution in [-0.4, -0.2) is 6.04 Å². The fourth-order valence-corrected chi connectivity index (χ4v) is 1.12. The van der Waals surface area contributed by atoms with Crippen LogP contribution in [0.3, 0.4) is 0 Å². The highest BCUT2D eigenvalue weighted by atomic mass is 14.6. The summed E-state index contributed by atoms with van der Waals surface area (Å²) < 4.78 is 0. The first-order valence-electron chi connectivity index (χ1n) is 5.48. The van der Waals surface area contributed by atoms with E-state index in [1.165, 1.54) is 25.7 Å². The Bertz CT molecular complexity index is 150. The lowest BCUT2D eigenvalue weighted by atomic mass is 10.1. The molecule has 0 aromatic carbocycles. The second kappa shape index (κ2) is 9.61. The molecule has 0 aliphatic heterocycles. The highest BCUT2D eigenvalue weighted by molar-refractivity contribution is 4.98. The molecule has 1 unspecified atom stereocenters. The molecule has 0 bridgehead atoms. The van der Waals surface area contributed by atoms with Crippen molar-refractivity contribution in [3.8, 4) is 11.8 Å². The van der Waals surface area contributed by atoms with Gasteiger partial charge >= 0.3 is 0 Å². The second-order valence-corrected chi connectivity index (χ2v) is 3.68. The normalized spacial score (nSPS) is 11.9. The largest absolute Gasteiger partial charge is 0.328 e. The fourth-order valence-electron chi connectivity index (χ4n) is 1.12. The Hall–Kier alpha value is -0.480. The van der Waals surface area contributed by atoms with Crippen LogP contribution in [0.1, 0.15) is 58.8 Å². The van der Waals surface area contributed by atoms with Gasteiger partial charge in [-0.2, -0.15) is 0 Å². The van der Waals surface area contributed by atoms with Crippen molar-refractivity contribution in [2.75, 3.05) is 0 Å². The Kier molecular flexibility index (Phi) is 9.25. The van der Waals surface area contributed by atoms with Gasteiger partial charge in [-0.25, -0.2) is 0 Å². The Labute approximate surface area is 83.1 Å². The van der Waals surface area contributed by atoms with Gasteiger partial charge in [0.2, 0.25) is 0 Å². The van der Waals surface area contributed by atoms with Crippen molar-refractivity contribution < 1.29 is 0 Å². The lowest BCUT2D eigenvalue weighted by Gasteiger charge is -1.97. The molecule has 0 saturated carbocycles. The second-order valence-electron chi connectivity index (χ2n) is 3.68. The van der Waals surface area contributed by atoms with Crippen molar-refractivity contribution in [1.82, 2.24) is 0 Å². The summed E-state index contributed by atoms with van der Waals surface area (Å²) in [6.07, 6.45) is 8.31. The van der Waals surface area contributed by atoms with Gasteiger partial charge in [0.05, 0.1) is 0 Å². The van der Waals surface area contributed by atoms with E-state index in [1.54, 1.807) is 0 Å². The van der Waals surface area contributed by atoms with E-state index in [0.29, 0.717) is 6.04 Å². The summed E-state index contributed by atoms with van der Waals surface area (Å²) in [6, 6.07) is 0.300. The molecule has 0 heterocycles. The molecule has 0 amide bonds. The molecule has 0 fully saturated rings. The first kappa shape index (κ1) is 12.5. The number of hydrogen-bond donors (Lipinski definition) is 1. The minimum Gasteiger partial charge on any atom is -0.328 e. The van der Waals surface area contributed by atoms with Gasteiger partial charge < -0.3 is 5.73 Å². The lowest BCUT2D eigenvalue weighted by Crippen LogP contribution is -2.13. The fraction of sp³-hybridized carbons (Fsp3) is 0.833. The van der Waals surface area contributed by atoms with Crippen LogP contribution in [0.25, 0.3) is 0 Å². The summed E-state index contributed by atoms with van der Waals surface area (Å²) in [6.45, 7) is 4.26. The standard InChI is InChI=1S/C12H23N/c1-3-4-5-6-7-8-9-10-11-12(2)13/h12H,3-7,10-11,13H2,1-2H3. The van der Waals surface area contributed by atoms with E-state index >= 15 is 0 Å². The zero-order valence-corrected chi connectivity index (χ0v) is 9.10. The summed E-state index contributed by atoms with van der Waals surface area (Å²) in [4.78, 5) is 0. The molecule has 0 aromatic heterocycles. The maximum absolute atomic E-state index is 5.61. The van der Waals surface area contributed by atoms with Gasteiger partial charge in [0.1, 0.15) is 0 Å². The van der Waals surface area contributed by atoms with Crippen molar-refractivity contribution in [3.63, 3.8) is 0 Å². The molecule has 0 aliphatic rings. The molecule has 13 heavy (non-hydrogen) atoms. The van der Waals surface area contributed by atoms with Gasteiger partial charge in [0.15, 0.2) is 0 Å². The average molecular weight is 181 g/mol. The molecule has 2 N–H and O–H groups in total. The first-order valence-corrected chi connectivity index (χ1v) is 5.48. The number of hydrogen-bond acceptors (Lipinski definition) is 1. The maximum Gasteiger partial charge on any atom is 0.0103 e. The summed E-state index contributed by atoms with van der Waals surface area (Å²) >= 11 is 0. The van der Waals surface area contributed by atoms with Crippen molar-refractivity contribution in [3.05, 3.63) is 0 Å². The van der Waals surface area contributed by atoms with Gasteiger partial charge in [0, 0.05) is 18.9 Å². The molecule has 1 atom stereocenters. The Morgan fingerprint density at radius 3 is 2.38 bits per heavy atom. The molecule has 76 valence electrons. The third-order valence-corrected chi connectivity index (χ3v) is 2.01. The van der Waals surface area contributed by atoms with Crippen molar-refractivity contribution >= 4 is 0 Å². The summed E-state index contributed by atoms with van der Waals surface area (Å²) in [5.74, 6) is 6.36. The van der Waals surface area contributed by atoms with E-state index in [-0.39, 0.29) is 0 Å². The first-order chi connectivity index (χ1) is 6.27. The van der Waals surface area contributed by atoms with Gasteiger partial charge in [-0.3, -0.25) is 0 Å². The smallest absolute Gasteiger partial charge is 0.0103 e.